The number of aliphatic hydroxyl groups is 1. The van der Waals surface area contributed by atoms with E-state index in [4.69, 9.17) is 9.84 Å². The maximum Gasteiger partial charge on any atom is 0.101 e. The molecule has 0 aliphatic carbocycles. The summed E-state index contributed by atoms with van der Waals surface area (Å²) in [5, 5.41) is 18.4. The first-order chi connectivity index (χ1) is 9.11. The van der Waals surface area contributed by atoms with Crippen molar-refractivity contribution < 1.29 is 9.84 Å². The second-order valence-corrected chi connectivity index (χ2v) is 5.30. The summed E-state index contributed by atoms with van der Waals surface area (Å²) in [6, 6.07) is 7.77. The third-order valence-electron chi connectivity index (χ3n) is 3.86. The molecule has 1 aliphatic rings. The van der Waals surface area contributed by atoms with Gasteiger partial charge in [-0.25, -0.2) is 0 Å². The summed E-state index contributed by atoms with van der Waals surface area (Å²) < 4.78 is 5.58. The zero-order chi connectivity index (χ0) is 13.9. The third kappa shape index (κ3) is 2.89. The van der Waals surface area contributed by atoms with E-state index < -0.39 is 0 Å². The molecule has 1 saturated heterocycles. The Labute approximate surface area is 114 Å². The molecule has 1 unspecified atom stereocenters. The number of methoxy groups -OCH3 is 1. The molecule has 4 heteroatoms. The number of nitrogens with zero attached hydrogens (tertiary/aromatic N) is 2. The molecule has 1 atom stereocenters. The summed E-state index contributed by atoms with van der Waals surface area (Å²) in [7, 11) is 1.74. The van der Waals surface area contributed by atoms with Gasteiger partial charge in [-0.1, -0.05) is 6.07 Å². The fourth-order valence-electron chi connectivity index (χ4n) is 2.62. The van der Waals surface area contributed by atoms with E-state index in [1.165, 1.54) is 0 Å². The van der Waals surface area contributed by atoms with Gasteiger partial charge >= 0.3 is 0 Å². The molecular formula is C15H20N2O2. The van der Waals surface area contributed by atoms with Crippen LogP contribution in [-0.2, 0) is 11.3 Å². The lowest BCUT2D eigenvalue weighted by Gasteiger charge is -2.41. The molecule has 1 aromatic carbocycles. The van der Waals surface area contributed by atoms with Crippen molar-refractivity contribution in [3.8, 4) is 6.07 Å². The van der Waals surface area contributed by atoms with E-state index in [9.17, 15) is 5.26 Å². The molecule has 0 saturated carbocycles. The molecule has 19 heavy (non-hydrogen) atoms. The Balaban J connectivity index is 2.29. The van der Waals surface area contributed by atoms with Gasteiger partial charge in [-0.3, -0.25) is 0 Å². The molecule has 1 heterocycles. The van der Waals surface area contributed by atoms with Crippen molar-refractivity contribution in [1.29, 1.82) is 5.26 Å². The monoisotopic (exact) mass is 260 g/mol. The van der Waals surface area contributed by atoms with Crippen molar-refractivity contribution in [2.75, 3.05) is 25.1 Å². The molecule has 2 rings (SSSR count). The van der Waals surface area contributed by atoms with Gasteiger partial charge in [0, 0.05) is 20.2 Å². The summed E-state index contributed by atoms with van der Waals surface area (Å²) >= 11 is 0. The number of hydrogen-bond acceptors (Lipinski definition) is 4. The zero-order valence-electron chi connectivity index (χ0n) is 11.5. The minimum absolute atomic E-state index is 0.0370. The van der Waals surface area contributed by atoms with E-state index in [0.29, 0.717) is 5.56 Å². The van der Waals surface area contributed by atoms with Crippen LogP contribution in [0.4, 0.5) is 5.69 Å². The van der Waals surface area contributed by atoms with Crippen LogP contribution >= 0.6 is 0 Å². The van der Waals surface area contributed by atoms with Gasteiger partial charge in [0.25, 0.3) is 0 Å². The van der Waals surface area contributed by atoms with Gasteiger partial charge in [-0.2, -0.15) is 5.26 Å². The van der Waals surface area contributed by atoms with Crippen LogP contribution in [0.5, 0.6) is 0 Å². The van der Waals surface area contributed by atoms with Gasteiger partial charge in [-0.15, -0.1) is 0 Å². The molecule has 102 valence electrons. The molecule has 0 aromatic heterocycles. The molecule has 0 spiro atoms. The van der Waals surface area contributed by atoms with Gasteiger partial charge in [0.1, 0.15) is 6.07 Å². The second-order valence-electron chi connectivity index (χ2n) is 5.30. The summed E-state index contributed by atoms with van der Waals surface area (Å²) in [4.78, 5) is 2.20. The van der Waals surface area contributed by atoms with Crippen LogP contribution in [0.2, 0.25) is 0 Å². The molecular weight excluding hydrogens is 240 g/mol. The van der Waals surface area contributed by atoms with Crippen molar-refractivity contribution in [2.24, 2.45) is 0 Å². The normalized spacial score (nSPS) is 23.2. The molecule has 0 amide bonds. The Morgan fingerprint density at radius 2 is 2.32 bits per heavy atom. The van der Waals surface area contributed by atoms with Crippen LogP contribution in [0.1, 0.15) is 30.9 Å². The summed E-state index contributed by atoms with van der Waals surface area (Å²) in [5.74, 6) is 0. The van der Waals surface area contributed by atoms with Crippen LogP contribution in [-0.4, -0.2) is 30.9 Å². The van der Waals surface area contributed by atoms with Gasteiger partial charge in [0.05, 0.1) is 23.5 Å². The van der Waals surface area contributed by atoms with Crippen LogP contribution in [0.3, 0.4) is 0 Å². The van der Waals surface area contributed by atoms with Gasteiger partial charge in [0.15, 0.2) is 0 Å². The molecule has 1 N–H and O–H groups in total. The zero-order valence-corrected chi connectivity index (χ0v) is 11.5. The summed E-state index contributed by atoms with van der Waals surface area (Å²) in [6.07, 6.45) is 2.09. The predicted octanol–water partition coefficient (Wildman–Crippen LogP) is 2.06. The van der Waals surface area contributed by atoms with Crippen LogP contribution in [0, 0.1) is 11.3 Å². The first-order valence-corrected chi connectivity index (χ1v) is 6.56. The van der Waals surface area contributed by atoms with E-state index in [-0.39, 0.29) is 12.2 Å². The lowest BCUT2D eigenvalue weighted by atomic mass is 9.93. The van der Waals surface area contributed by atoms with E-state index in [1.54, 1.807) is 13.2 Å². The second kappa shape index (κ2) is 5.60. The Morgan fingerprint density at radius 3 is 2.95 bits per heavy atom. The molecule has 1 fully saturated rings. The quantitative estimate of drug-likeness (QED) is 0.903. The Bertz CT molecular complexity index is 495. The van der Waals surface area contributed by atoms with Crippen LogP contribution < -0.4 is 4.90 Å². The van der Waals surface area contributed by atoms with E-state index in [1.807, 2.05) is 12.1 Å². The largest absolute Gasteiger partial charge is 0.392 e. The average molecular weight is 260 g/mol. The standard InChI is InChI=1S/C15H20N2O2/c1-15(19-2)6-3-7-17(11-15)14-5-4-12(10-18)8-13(14)9-16/h4-5,8,18H,3,6-7,10-11H2,1-2H3. The van der Waals surface area contributed by atoms with Gasteiger partial charge in [0.2, 0.25) is 0 Å². The maximum absolute atomic E-state index is 9.27. The topological polar surface area (TPSA) is 56.5 Å². The van der Waals surface area contributed by atoms with E-state index >= 15 is 0 Å². The Morgan fingerprint density at radius 1 is 1.53 bits per heavy atom. The third-order valence-corrected chi connectivity index (χ3v) is 3.86. The summed E-state index contributed by atoms with van der Waals surface area (Å²) in [6.45, 7) is 3.79. The molecule has 0 bridgehead atoms. The molecule has 1 aliphatic heterocycles. The van der Waals surface area contributed by atoms with Crippen LogP contribution in [0.25, 0.3) is 0 Å². The highest BCUT2D eigenvalue weighted by molar-refractivity contribution is 5.61. The first-order valence-electron chi connectivity index (χ1n) is 6.56. The number of aliphatic hydroxyl groups excluding tert-OH is 1. The van der Waals surface area contributed by atoms with Crippen molar-refractivity contribution >= 4 is 5.69 Å². The predicted molar refractivity (Wildman–Crippen MR) is 73.9 cm³/mol. The minimum Gasteiger partial charge on any atom is -0.392 e. The highest BCUT2D eigenvalue weighted by Gasteiger charge is 2.31. The Hall–Kier alpha value is -1.57. The number of hydrogen-bond donors (Lipinski definition) is 1. The molecule has 0 radical (unpaired) electrons. The van der Waals surface area contributed by atoms with Crippen LogP contribution in [0.15, 0.2) is 18.2 Å². The van der Waals surface area contributed by atoms with E-state index in [2.05, 4.69) is 17.9 Å². The lowest BCUT2D eigenvalue weighted by Crippen LogP contribution is -2.47. The number of nitriles is 1. The number of anilines is 1. The number of ether oxygens (including phenoxy) is 1. The average Bonchev–Trinajstić information content (AvgIpc) is 2.46. The first kappa shape index (κ1) is 13.9. The number of benzene rings is 1. The van der Waals surface area contributed by atoms with E-state index in [0.717, 1.165) is 37.2 Å². The van der Waals surface area contributed by atoms with Gasteiger partial charge in [-0.05, 0) is 37.5 Å². The fraction of sp³-hybridized carbons (Fsp3) is 0.533. The van der Waals surface area contributed by atoms with Crippen molar-refractivity contribution in [3.63, 3.8) is 0 Å². The van der Waals surface area contributed by atoms with Crippen molar-refractivity contribution in [2.45, 2.75) is 32.0 Å². The number of piperidine rings is 1. The van der Waals surface area contributed by atoms with Crippen molar-refractivity contribution in [1.82, 2.24) is 0 Å². The number of rotatable bonds is 3. The smallest absolute Gasteiger partial charge is 0.101 e. The molecule has 4 nitrogen and oxygen atoms in total. The Kier molecular flexibility index (Phi) is 4.08. The van der Waals surface area contributed by atoms with Crippen molar-refractivity contribution in [3.05, 3.63) is 29.3 Å². The highest BCUT2D eigenvalue weighted by atomic mass is 16.5. The summed E-state index contributed by atoms with van der Waals surface area (Å²) in [5.41, 5.74) is 2.17. The minimum atomic E-state index is -0.152. The maximum atomic E-state index is 9.27. The highest BCUT2D eigenvalue weighted by Crippen LogP contribution is 2.30. The lowest BCUT2D eigenvalue weighted by molar-refractivity contribution is -0.00466. The fourth-order valence-corrected chi connectivity index (χ4v) is 2.62. The molecule has 1 aromatic rings. The van der Waals surface area contributed by atoms with Gasteiger partial charge < -0.3 is 14.7 Å². The SMILES string of the molecule is COC1(C)CCCN(c2ccc(CO)cc2C#N)C1.